The van der Waals surface area contributed by atoms with Gasteiger partial charge in [0.2, 0.25) is 10.0 Å². The van der Waals surface area contributed by atoms with E-state index >= 15 is 0 Å². The summed E-state index contributed by atoms with van der Waals surface area (Å²) >= 11 is 6.37. The first-order valence-corrected chi connectivity index (χ1v) is 18.3. The molecular weight excluding hydrogens is 610 g/mol. The lowest BCUT2D eigenvalue weighted by Gasteiger charge is -2.44. The Morgan fingerprint density at radius 3 is 2.53 bits per heavy atom. The number of nitrogens with one attached hydrogen (secondary N) is 2. The zero-order chi connectivity index (χ0) is 31.8. The maximum atomic E-state index is 13.3. The number of ketones is 1. The van der Waals surface area contributed by atoms with E-state index in [2.05, 4.69) is 27.1 Å². The molecule has 10 heteroatoms. The van der Waals surface area contributed by atoms with Crippen molar-refractivity contribution in [2.75, 3.05) is 37.7 Å². The van der Waals surface area contributed by atoms with Crippen LogP contribution in [0.4, 0.5) is 5.69 Å². The van der Waals surface area contributed by atoms with Gasteiger partial charge in [-0.05, 0) is 124 Å². The number of carbonyl (C=O) groups excluding carboxylic acids is 2. The number of halogens is 1. The summed E-state index contributed by atoms with van der Waals surface area (Å²) in [5.74, 6) is -0.0319. The number of carbonyl (C=O) groups is 2. The van der Waals surface area contributed by atoms with Crippen LogP contribution in [0, 0.1) is 17.8 Å². The van der Waals surface area contributed by atoms with Gasteiger partial charge in [-0.25, -0.2) is 13.1 Å². The minimum Gasteiger partial charge on any atom is -0.490 e. The van der Waals surface area contributed by atoms with Crippen molar-refractivity contribution in [3.05, 3.63) is 70.3 Å². The lowest BCUT2D eigenvalue weighted by atomic mass is 9.68. The molecule has 1 saturated carbocycles. The van der Waals surface area contributed by atoms with Crippen molar-refractivity contribution >= 4 is 39.0 Å². The zero-order valence-corrected chi connectivity index (χ0v) is 27.8. The molecule has 5 aliphatic rings. The lowest BCUT2D eigenvalue weighted by molar-refractivity contribution is -0.122. The summed E-state index contributed by atoms with van der Waals surface area (Å²) in [6.45, 7) is 7.73. The molecule has 2 aliphatic carbocycles. The van der Waals surface area contributed by atoms with Gasteiger partial charge >= 0.3 is 0 Å². The Morgan fingerprint density at radius 1 is 1.04 bits per heavy atom. The zero-order valence-electron chi connectivity index (χ0n) is 26.2. The number of aryl methyl sites for hydroxylation is 1. The van der Waals surface area contributed by atoms with Gasteiger partial charge in [-0.1, -0.05) is 30.7 Å². The van der Waals surface area contributed by atoms with Gasteiger partial charge in [0.25, 0.3) is 5.91 Å². The molecule has 0 radical (unpaired) electrons. The molecule has 0 aromatic heterocycles. The SMILES string of the molecule is C1CNC1.C[C@@H]1[C@@H](C)C/C=C/C(=O)[C@@H]2CC[C@H]2CN2C[C@@]3(CCCc4cc(Cl)ccc43)COc3ccc(cc32)C(=O)NS1(=O)=O. The summed E-state index contributed by atoms with van der Waals surface area (Å²) < 4.78 is 35.0. The smallest absolute Gasteiger partial charge is 0.264 e. The Bertz CT molecular complexity index is 1590. The second-order valence-corrected chi connectivity index (χ2v) is 16.0. The maximum Gasteiger partial charge on any atom is 0.264 e. The molecule has 1 amide bonds. The summed E-state index contributed by atoms with van der Waals surface area (Å²) in [7, 11) is -3.93. The number of ether oxygens (including phenoxy) is 1. The van der Waals surface area contributed by atoms with E-state index in [9.17, 15) is 18.0 Å². The third-order valence-corrected chi connectivity index (χ3v) is 12.7. The highest BCUT2D eigenvalue weighted by Gasteiger charge is 2.44. The Kier molecular flexibility index (Phi) is 9.33. The van der Waals surface area contributed by atoms with Crippen molar-refractivity contribution in [3.8, 4) is 5.75 Å². The van der Waals surface area contributed by atoms with Gasteiger partial charge in [0.15, 0.2) is 5.78 Å². The highest BCUT2D eigenvalue weighted by molar-refractivity contribution is 7.90. The third-order valence-electron chi connectivity index (χ3n) is 10.6. The van der Waals surface area contributed by atoms with Crippen molar-refractivity contribution in [3.63, 3.8) is 0 Å². The fourth-order valence-corrected chi connectivity index (χ4v) is 8.66. The molecule has 2 bridgehead atoms. The molecule has 7 rings (SSSR count). The fraction of sp³-hybridized carbons (Fsp3) is 0.543. The van der Waals surface area contributed by atoms with E-state index in [1.807, 2.05) is 13.0 Å². The number of allylic oxidation sites excluding steroid dienone is 2. The monoisotopic (exact) mass is 653 g/mol. The normalized spacial score (nSPS) is 31.3. The number of fused-ring (bicyclic) bond motifs is 4. The van der Waals surface area contributed by atoms with Gasteiger partial charge in [-0.15, -0.1) is 0 Å². The number of amides is 1. The van der Waals surface area contributed by atoms with Crippen LogP contribution in [0.2, 0.25) is 5.02 Å². The number of hydrogen-bond donors (Lipinski definition) is 2. The molecule has 1 spiro atoms. The first-order chi connectivity index (χ1) is 21.6. The first-order valence-electron chi connectivity index (χ1n) is 16.3. The van der Waals surface area contributed by atoms with Crippen LogP contribution in [0.15, 0.2) is 48.6 Å². The average Bonchev–Trinajstić information content (AvgIpc) is 3.10. The molecule has 3 heterocycles. The molecule has 1 saturated heterocycles. The van der Waals surface area contributed by atoms with E-state index in [-0.39, 0.29) is 34.5 Å². The molecule has 242 valence electrons. The Morgan fingerprint density at radius 2 is 1.82 bits per heavy atom. The number of benzene rings is 2. The standard InChI is InChI=1S/C32H37ClN2O5S.C3H7N/c1-20-5-3-7-29(36)26-11-8-24(26)17-35-18-32(14-4-6-22-15-25(33)10-12-27(22)32)19-40-30-13-9-23(16-28(30)35)31(37)34-41(38,39)21(20)2;1-2-4-3-1/h3,7,9-10,12-13,15-16,20-21,24,26H,4-6,8,11,14,17-19H2,1-2H3,(H,34,37);4H,1-3H2/b7-3+;/t20-,21+,24-,26+,32-;/m0./s1. The molecule has 2 N–H and O–H groups in total. The molecule has 3 aliphatic heterocycles. The van der Waals surface area contributed by atoms with Crippen LogP contribution < -0.4 is 19.7 Å². The van der Waals surface area contributed by atoms with E-state index in [0.29, 0.717) is 31.9 Å². The van der Waals surface area contributed by atoms with E-state index in [1.54, 1.807) is 37.3 Å². The molecule has 2 aromatic rings. The summed E-state index contributed by atoms with van der Waals surface area (Å²) in [4.78, 5) is 28.8. The Hall–Kier alpha value is -2.88. The van der Waals surface area contributed by atoms with Gasteiger partial charge in [0, 0.05) is 35.0 Å². The predicted molar refractivity (Wildman–Crippen MR) is 178 cm³/mol. The average molecular weight is 654 g/mol. The van der Waals surface area contributed by atoms with Gasteiger partial charge in [0.05, 0.1) is 17.5 Å². The summed E-state index contributed by atoms with van der Waals surface area (Å²) in [6.07, 6.45) is 9.99. The third kappa shape index (κ3) is 6.67. The van der Waals surface area contributed by atoms with E-state index < -0.39 is 21.2 Å². The molecular formula is C35H44ClN3O5S. The number of sulfonamides is 1. The van der Waals surface area contributed by atoms with E-state index in [0.717, 1.165) is 42.8 Å². The molecule has 2 aromatic carbocycles. The maximum absolute atomic E-state index is 13.3. The van der Waals surface area contributed by atoms with Crippen molar-refractivity contribution in [2.45, 2.75) is 69.5 Å². The van der Waals surface area contributed by atoms with Crippen molar-refractivity contribution in [1.29, 1.82) is 0 Å². The second kappa shape index (κ2) is 13.1. The van der Waals surface area contributed by atoms with Crippen LogP contribution in [0.5, 0.6) is 5.75 Å². The molecule has 8 nitrogen and oxygen atoms in total. The van der Waals surface area contributed by atoms with Crippen molar-refractivity contribution < 1.29 is 22.7 Å². The summed E-state index contributed by atoms with van der Waals surface area (Å²) in [5.41, 5.74) is 3.22. The van der Waals surface area contributed by atoms with Gasteiger partial charge in [0.1, 0.15) is 5.75 Å². The van der Waals surface area contributed by atoms with Crippen molar-refractivity contribution in [1.82, 2.24) is 10.0 Å². The van der Waals surface area contributed by atoms with Crippen molar-refractivity contribution in [2.24, 2.45) is 17.8 Å². The van der Waals surface area contributed by atoms with Gasteiger partial charge < -0.3 is 15.0 Å². The summed E-state index contributed by atoms with van der Waals surface area (Å²) in [6, 6.07) is 11.3. The van der Waals surface area contributed by atoms with Crippen LogP contribution in [0.3, 0.4) is 0 Å². The van der Waals surface area contributed by atoms with Crippen LogP contribution in [0.25, 0.3) is 0 Å². The molecule has 2 fully saturated rings. The Labute approximate surface area is 272 Å². The highest BCUT2D eigenvalue weighted by Crippen LogP contribution is 2.46. The minimum absolute atomic E-state index is 0.0666. The van der Waals surface area contributed by atoms with Gasteiger partial charge in [-0.2, -0.15) is 0 Å². The second-order valence-electron chi connectivity index (χ2n) is 13.5. The number of anilines is 1. The number of nitrogens with zero attached hydrogens (tertiary/aromatic N) is 1. The van der Waals surface area contributed by atoms with E-state index in [1.165, 1.54) is 30.6 Å². The minimum atomic E-state index is -3.93. The van der Waals surface area contributed by atoms with Crippen LogP contribution >= 0.6 is 11.6 Å². The van der Waals surface area contributed by atoms with Crippen LogP contribution in [0.1, 0.15) is 73.9 Å². The molecule has 45 heavy (non-hydrogen) atoms. The van der Waals surface area contributed by atoms with Crippen LogP contribution in [-0.4, -0.2) is 58.1 Å². The predicted octanol–water partition coefficient (Wildman–Crippen LogP) is 5.43. The first kappa shape index (κ1) is 32.1. The van der Waals surface area contributed by atoms with Gasteiger partial charge in [-0.3, -0.25) is 9.59 Å². The fourth-order valence-electron chi connectivity index (χ4n) is 7.18. The topological polar surface area (TPSA) is 105 Å². The van der Waals surface area contributed by atoms with Crippen LogP contribution in [-0.2, 0) is 26.7 Å². The Balaban J connectivity index is 0.000000828. The number of hydrogen-bond acceptors (Lipinski definition) is 7. The largest absolute Gasteiger partial charge is 0.490 e. The molecule has 0 unspecified atom stereocenters. The lowest BCUT2D eigenvalue weighted by Crippen LogP contribution is -2.49. The molecule has 5 atom stereocenters. The highest BCUT2D eigenvalue weighted by atomic mass is 35.5. The van der Waals surface area contributed by atoms with E-state index in [4.69, 9.17) is 16.3 Å². The number of rotatable bonds is 0. The quantitative estimate of drug-likeness (QED) is 0.391. The summed E-state index contributed by atoms with van der Waals surface area (Å²) in [5, 5.41) is 3.03.